The zero-order valence-electron chi connectivity index (χ0n) is 14.8. The van der Waals surface area contributed by atoms with Crippen molar-refractivity contribution in [3.05, 3.63) is 70.4 Å². The summed E-state index contributed by atoms with van der Waals surface area (Å²) >= 11 is 0. The average molecular weight is 384 g/mol. The van der Waals surface area contributed by atoms with Crippen molar-refractivity contribution in [2.45, 2.75) is 13.0 Å². The summed E-state index contributed by atoms with van der Waals surface area (Å²) in [5, 5.41) is 17.4. The first-order valence-electron chi connectivity index (χ1n) is 8.17. The molecule has 28 heavy (non-hydrogen) atoms. The molecule has 3 rings (SSSR count). The Hall–Kier alpha value is -3.95. The SMILES string of the molecule is COc1ccccc1NC(=O)Cc1noc(COc2ccccc2[N+](=O)[O-])n1. The van der Waals surface area contributed by atoms with Gasteiger partial charge in [0.15, 0.2) is 18.2 Å². The van der Waals surface area contributed by atoms with Gasteiger partial charge in [0.25, 0.3) is 5.89 Å². The van der Waals surface area contributed by atoms with Crippen LogP contribution < -0.4 is 14.8 Å². The maximum Gasteiger partial charge on any atom is 0.310 e. The minimum atomic E-state index is -0.545. The summed E-state index contributed by atoms with van der Waals surface area (Å²) in [6, 6.07) is 12.9. The molecule has 0 aliphatic heterocycles. The summed E-state index contributed by atoms with van der Waals surface area (Å²) in [4.78, 5) is 26.7. The second kappa shape index (κ2) is 8.62. The Balaban J connectivity index is 1.58. The normalized spacial score (nSPS) is 10.3. The van der Waals surface area contributed by atoms with Crippen LogP contribution in [0.2, 0.25) is 0 Å². The molecule has 0 aliphatic carbocycles. The number of aromatic nitrogens is 2. The van der Waals surface area contributed by atoms with Crippen molar-refractivity contribution in [2.24, 2.45) is 0 Å². The highest BCUT2D eigenvalue weighted by Gasteiger charge is 2.16. The molecule has 10 heteroatoms. The van der Waals surface area contributed by atoms with Crippen molar-refractivity contribution in [3.8, 4) is 11.5 Å². The first-order chi connectivity index (χ1) is 13.6. The maximum absolute atomic E-state index is 12.2. The number of nitrogens with one attached hydrogen (secondary N) is 1. The standard InChI is InChI=1S/C18H16N4O6/c1-26-14-8-4-2-6-12(14)19-17(23)10-16-20-18(28-21-16)11-27-15-9-5-3-7-13(15)22(24)25/h2-9H,10-11H2,1H3,(H,19,23). The summed E-state index contributed by atoms with van der Waals surface area (Å²) < 4.78 is 15.6. The van der Waals surface area contributed by atoms with E-state index in [4.69, 9.17) is 14.0 Å². The van der Waals surface area contributed by atoms with Crippen molar-refractivity contribution < 1.29 is 23.7 Å². The van der Waals surface area contributed by atoms with Crippen molar-refractivity contribution >= 4 is 17.3 Å². The molecule has 0 bridgehead atoms. The summed E-state index contributed by atoms with van der Waals surface area (Å²) in [5.74, 6) is 0.520. The lowest BCUT2D eigenvalue weighted by Gasteiger charge is -2.08. The number of ether oxygens (including phenoxy) is 2. The number of nitro groups is 1. The Labute approximate surface area is 159 Å². The molecule has 1 aromatic heterocycles. The number of hydrogen-bond acceptors (Lipinski definition) is 8. The number of carbonyl (C=O) groups excluding carboxylic acids is 1. The number of carbonyl (C=O) groups is 1. The minimum Gasteiger partial charge on any atom is -0.495 e. The number of anilines is 1. The third kappa shape index (κ3) is 4.61. The Morgan fingerprint density at radius 2 is 1.89 bits per heavy atom. The third-order valence-corrected chi connectivity index (χ3v) is 3.62. The predicted molar refractivity (Wildman–Crippen MR) is 97.1 cm³/mol. The van der Waals surface area contributed by atoms with Gasteiger partial charge in [-0.15, -0.1) is 0 Å². The van der Waals surface area contributed by atoms with Gasteiger partial charge in [0, 0.05) is 6.07 Å². The second-order valence-corrected chi connectivity index (χ2v) is 5.54. The lowest BCUT2D eigenvalue weighted by molar-refractivity contribution is -0.386. The number of nitro benzene ring substituents is 1. The van der Waals surface area contributed by atoms with Crippen LogP contribution in [0.1, 0.15) is 11.7 Å². The Morgan fingerprint density at radius 3 is 2.64 bits per heavy atom. The lowest BCUT2D eigenvalue weighted by atomic mass is 10.2. The van der Waals surface area contributed by atoms with Gasteiger partial charge in [-0.25, -0.2) is 0 Å². The Kier molecular flexibility index (Phi) is 5.80. The van der Waals surface area contributed by atoms with Crippen LogP contribution in [-0.4, -0.2) is 28.1 Å². The van der Waals surface area contributed by atoms with E-state index in [1.54, 1.807) is 30.3 Å². The fourth-order valence-corrected chi connectivity index (χ4v) is 2.38. The van der Waals surface area contributed by atoms with E-state index in [-0.39, 0.29) is 42.1 Å². The van der Waals surface area contributed by atoms with E-state index in [0.29, 0.717) is 11.4 Å². The zero-order valence-corrected chi connectivity index (χ0v) is 14.8. The summed E-state index contributed by atoms with van der Waals surface area (Å²) in [5.41, 5.74) is 0.358. The van der Waals surface area contributed by atoms with Gasteiger partial charge >= 0.3 is 5.69 Å². The molecule has 2 aromatic carbocycles. The molecule has 10 nitrogen and oxygen atoms in total. The second-order valence-electron chi connectivity index (χ2n) is 5.54. The molecule has 0 atom stereocenters. The summed E-state index contributed by atoms with van der Waals surface area (Å²) in [6.45, 7) is -0.161. The topological polar surface area (TPSA) is 130 Å². The molecule has 0 unspecified atom stereocenters. The first-order valence-corrected chi connectivity index (χ1v) is 8.17. The van der Waals surface area contributed by atoms with Gasteiger partial charge in [0.05, 0.1) is 24.1 Å². The number of amides is 1. The molecule has 0 saturated carbocycles. The fourth-order valence-electron chi connectivity index (χ4n) is 2.38. The molecule has 144 valence electrons. The Bertz CT molecular complexity index is 987. The fraction of sp³-hybridized carbons (Fsp3) is 0.167. The van der Waals surface area contributed by atoms with Gasteiger partial charge in [-0.1, -0.05) is 29.4 Å². The number of nitrogens with zero attached hydrogens (tertiary/aromatic N) is 3. The van der Waals surface area contributed by atoms with Crippen LogP contribution in [0.25, 0.3) is 0 Å². The van der Waals surface area contributed by atoms with Crippen LogP contribution in [-0.2, 0) is 17.8 Å². The van der Waals surface area contributed by atoms with E-state index in [1.165, 1.54) is 25.3 Å². The van der Waals surface area contributed by atoms with Crippen molar-refractivity contribution in [1.29, 1.82) is 0 Å². The highest BCUT2D eigenvalue weighted by atomic mass is 16.6. The number of hydrogen-bond donors (Lipinski definition) is 1. The molecule has 0 radical (unpaired) electrons. The largest absolute Gasteiger partial charge is 0.495 e. The van der Waals surface area contributed by atoms with Crippen molar-refractivity contribution in [2.75, 3.05) is 12.4 Å². The monoisotopic (exact) mass is 384 g/mol. The molecule has 1 amide bonds. The number of benzene rings is 2. The molecular weight excluding hydrogens is 368 g/mol. The molecule has 0 spiro atoms. The quantitative estimate of drug-likeness (QED) is 0.463. The molecule has 0 fully saturated rings. The molecule has 1 heterocycles. The molecule has 3 aromatic rings. The lowest BCUT2D eigenvalue weighted by Crippen LogP contribution is -2.15. The molecule has 0 saturated heterocycles. The third-order valence-electron chi connectivity index (χ3n) is 3.62. The van der Waals surface area contributed by atoms with Gasteiger partial charge < -0.3 is 19.3 Å². The van der Waals surface area contributed by atoms with E-state index < -0.39 is 4.92 Å². The minimum absolute atomic E-state index is 0.0844. The molecule has 0 aliphatic rings. The molecular formula is C18H16N4O6. The van der Waals surface area contributed by atoms with E-state index in [2.05, 4.69) is 15.5 Å². The maximum atomic E-state index is 12.2. The summed E-state index contributed by atoms with van der Waals surface area (Å²) in [7, 11) is 1.51. The van der Waals surface area contributed by atoms with Crippen LogP contribution in [0.15, 0.2) is 53.1 Å². The van der Waals surface area contributed by atoms with Crippen LogP contribution in [0.5, 0.6) is 11.5 Å². The van der Waals surface area contributed by atoms with E-state index in [0.717, 1.165) is 0 Å². The van der Waals surface area contributed by atoms with Gasteiger partial charge in [-0.2, -0.15) is 4.98 Å². The predicted octanol–water partition coefficient (Wildman–Crippen LogP) is 2.75. The van der Waals surface area contributed by atoms with Gasteiger partial charge in [-0.05, 0) is 18.2 Å². The highest BCUT2D eigenvalue weighted by Crippen LogP contribution is 2.26. The molecule has 1 N–H and O–H groups in total. The van der Waals surface area contributed by atoms with Crippen molar-refractivity contribution in [1.82, 2.24) is 10.1 Å². The van der Waals surface area contributed by atoms with Crippen LogP contribution in [0, 0.1) is 10.1 Å². The van der Waals surface area contributed by atoms with Crippen molar-refractivity contribution in [3.63, 3.8) is 0 Å². The number of para-hydroxylation sites is 4. The van der Waals surface area contributed by atoms with E-state index >= 15 is 0 Å². The average Bonchev–Trinajstić information content (AvgIpc) is 3.14. The summed E-state index contributed by atoms with van der Waals surface area (Å²) in [6.07, 6.45) is -0.118. The first kappa shape index (κ1) is 18.8. The van der Waals surface area contributed by atoms with E-state index in [1.807, 2.05) is 0 Å². The van der Waals surface area contributed by atoms with Gasteiger partial charge in [0.1, 0.15) is 5.75 Å². The number of methoxy groups -OCH3 is 1. The Morgan fingerprint density at radius 1 is 1.18 bits per heavy atom. The van der Waals surface area contributed by atoms with Crippen LogP contribution in [0.3, 0.4) is 0 Å². The van der Waals surface area contributed by atoms with Gasteiger partial charge in [-0.3, -0.25) is 14.9 Å². The van der Waals surface area contributed by atoms with Crippen LogP contribution >= 0.6 is 0 Å². The van der Waals surface area contributed by atoms with E-state index in [9.17, 15) is 14.9 Å². The number of rotatable bonds is 8. The van der Waals surface area contributed by atoms with Gasteiger partial charge in [0.2, 0.25) is 5.91 Å². The van der Waals surface area contributed by atoms with Crippen LogP contribution in [0.4, 0.5) is 11.4 Å². The zero-order chi connectivity index (χ0) is 19.9. The smallest absolute Gasteiger partial charge is 0.310 e. The highest BCUT2D eigenvalue weighted by molar-refractivity contribution is 5.93.